The molecule has 1 fully saturated rings. The first-order valence-electron chi connectivity index (χ1n) is 8.10. The van der Waals surface area contributed by atoms with Crippen LogP contribution in [0, 0.1) is 13.8 Å². The van der Waals surface area contributed by atoms with E-state index in [1.54, 1.807) is 12.5 Å². The second kappa shape index (κ2) is 6.89. The summed E-state index contributed by atoms with van der Waals surface area (Å²) in [6.07, 6.45) is 6.62. The molecule has 0 unspecified atom stereocenters. The molecule has 6 nitrogen and oxygen atoms in total. The van der Waals surface area contributed by atoms with E-state index in [2.05, 4.69) is 15.1 Å². The smallest absolute Gasteiger partial charge is 0.222 e. The van der Waals surface area contributed by atoms with Gasteiger partial charge < -0.3 is 9.42 Å². The summed E-state index contributed by atoms with van der Waals surface area (Å²) in [5.74, 6) is 1.33. The van der Waals surface area contributed by atoms with Gasteiger partial charge in [0.2, 0.25) is 5.91 Å². The number of aromatic nitrogens is 3. The Kier molecular flexibility index (Phi) is 4.69. The van der Waals surface area contributed by atoms with Crippen molar-refractivity contribution in [1.82, 2.24) is 20.0 Å². The van der Waals surface area contributed by atoms with E-state index < -0.39 is 0 Å². The normalized spacial score (nSPS) is 18.2. The maximum atomic E-state index is 12.5. The lowest BCUT2D eigenvalue weighted by Crippen LogP contribution is -2.39. The minimum Gasteiger partial charge on any atom is -0.361 e. The quantitative estimate of drug-likeness (QED) is 0.866. The van der Waals surface area contributed by atoms with Crippen molar-refractivity contribution in [2.24, 2.45) is 0 Å². The van der Waals surface area contributed by atoms with Crippen molar-refractivity contribution in [1.29, 1.82) is 0 Å². The van der Waals surface area contributed by atoms with E-state index in [-0.39, 0.29) is 5.91 Å². The van der Waals surface area contributed by atoms with Crippen LogP contribution in [0.4, 0.5) is 0 Å². The number of likely N-dealkylation sites (tertiary alicyclic amines) is 1. The SMILES string of the molecule is Cc1noc(C)c1CCC(=O)N1CCC[C@@H](c2ccncn2)C1. The number of rotatable bonds is 4. The molecule has 23 heavy (non-hydrogen) atoms. The van der Waals surface area contributed by atoms with Crippen molar-refractivity contribution in [2.45, 2.75) is 45.4 Å². The Hall–Kier alpha value is -2.24. The summed E-state index contributed by atoms with van der Waals surface area (Å²) in [6, 6.07) is 1.95. The molecule has 0 saturated carbocycles. The van der Waals surface area contributed by atoms with E-state index in [0.29, 0.717) is 18.8 Å². The highest BCUT2D eigenvalue weighted by Crippen LogP contribution is 2.26. The van der Waals surface area contributed by atoms with Gasteiger partial charge in [-0.05, 0) is 39.2 Å². The number of nitrogens with zero attached hydrogens (tertiary/aromatic N) is 4. The number of carbonyl (C=O) groups excluding carboxylic acids is 1. The van der Waals surface area contributed by atoms with Crippen LogP contribution in [0.5, 0.6) is 0 Å². The first kappa shape index (κ1) is 15.6. The van der Waals surface area contributed by atoms with Crippen LogP contribution in [0.1, 0.15) is 47.9 Å². The Labute approximate surface area is 135 Å². The molecule has 2 aromatic rings. The van der Waals surface area contributed by atoms with E-state index in [0.717, 1.165) is 48.6 Å². The summed E-state index contributed by atoms with van der Waals surface area (Å²) in [5, 5.41) is 3.94. The number of hydrogen-bond donors (Lipinski definition) is 0. The lowest BCUT2D eigenvalue weighted by atomic mass is 9.94. The van der Waals surface area contributed by atoms with Crippen LogP contribution in [0.2, 0.25) is 0 Å². The van der Waals surface area contributed by atoms with Gasteiger partial charge in [-0.15, -0.1) is 0 Å². The maximum absolute atomic E-state index is 12.5. The highest BCUT2D eigenvalue weighted by Gasteiger charge is 2.25. The summed E-state index contributed by atoms with van der Waals surface area (Å²) >= 11 is 0. The van der Waals surface area contributed by atoms with Crippen molar-refractivity contribution >= 4 is 5.91 Å². The highest BCUT2D eigenvalue weighted by atomic mass is 16.5. The molecule has 1 saturated heterocycles. The maximum Gasteiger partial charge on any atom is 0.222 e. The van der Waals surface area contributed by atoms with Gasteiger partial charge in [0.15, 0.2) is 0 Å². The van der Waals surface area contributed by atoms with Crippen molar-refractivity contribution in [3.63, 3.8) is 0 Å². The van der Waals surface area contributed by atoms with Crippen LogP contribution < -0.4 is 0 Å². The second-order valence-corrected chi connectivity index (χ2v) is 6.12. The molecular formula is C17H22N4O2. The molecular weight excluding hydrogens is 292 g/mol. The van der Waals surface area contributed by atoms with E-state index in [9.17, 15) is 4.79 Å². The summed E-state index contributed by atoms with van der Waals surface area (Å²) in [7, 11) is 0. The van der Waals surface area contributed by atoms with Crippen LogP contribution in [-0.2, 0) is 11.2 Å². The molecule has 122 valence electrons. The molecule has 1 aliphatic rings. The van der Waals surface area contributed by atoms with Gasteiger partial charge in [-0.2, -0.15) is 0 Å². The van der Waals surface area contributed by atoms with Gasteiger partial charge >= 0.3 is 0 Å². The molecule has 2 aromatic heterocycles. The number of amides is 1. The Morgan fingerprint density at radius 2 is 2.30 bits per heavy atom. The zero-order valence-electron chi connectivity index (χ0n) is 13.7. The van der Waals surface area contributed by atoms with E-state index in [1.807, 2.05) is 24.8 Å². The van der Waals surface area contributed by atoms with Gasteiger partial charge in [-0.25, -0.2) is 9.97 Å². The second-order valence-electron chi connectivity index (χ2n) is 6.12. The fourth-order valence-electron chi connectivity index (χ4n) is 3.24. The third kappa shape index (κ3) is 3.57. The summed E-state index contributed by atoms with van der Waals surface area (Å²) in [6.45, 7) is 5.40. The average molecular weight is 314 g/mol. The van der Waals surface area contributed by atoms with Crippen molar-refractivity contribution in [3.8, 4) is 0 Å². The number of hydrogen-bond acceptors (Lipinski definition) is 5. The Bertz CT molecular complexity index is 649. The van der Waals surface area contributed by atoms with Crippen LogP contribution >= 0.6 is 0 Å². The van der Waals surface area contributed by atoms with Crippen LogP contribution in [-0.4, -0.2) is 39.0 Å². The lowest BCUT2D eigenvalue weighted by Gasteiger charge is -2.32. The minimum absolute atomic E-state index is 0.198. The number of aryl methyl sites for hydroxylation is 2. The first-order chi connectivity index (χ1) is 11.1. The van der Waals surface area contributed by atoms with Gasteiger partial charge in [0.05, 0.1) is 5.69 Å². The molecule has 6 heteroatoms. The first-order valence-corrected chi connectivity index (χ1v) is 8.10. The molecule has 0 radical (unpaired) electrons. The molecule has 1 atom stereocenters. The number of carbonyl (C=O) groups is 1. The van der Waals surface area contributed by atoms with E-state index >= 15 is 0 Å². The fraction of sp³-hybridized carbons (Fsp3) is 0.529. The topological polar surface area (TPSA) is 72.1 Å². The Morgan fingerprint density at radius 3 is 3.00 bits per heavy atom. The summed E-state index contributed by atoms with van der Waals surface area (Å²) in [5.41, 5.74) is 2.97. The Morgan fingerprint density at radius 1 is 1.43 bits per heavy atom. The summed E-state index contributed by atoms with van der Waals surface area (Å²) < 4.78 is 5.16. The molecule has 3 rings (SSSR count). The van der Waals surface area contributed by atoms with Crippen LogP contribution in [0.15, 0.2) is 23.1 Å². The molecule has 0 N–H and O–H groups in total. The number of piperidine rings is 1. The highest BCUT2D eigenvalue weighted by molar-refractivity contribution is 5.76. The van der Waals surface area contributed by atoms with Gasteiger partial charge in [0, 0.05) is 42.9 Å². The Balaban J connectivity index is 1.59. The zero-order chi connectivity index (χ0) is 16.2. The van der Waals surface area contributed by atoms with Gasteiger partial charge in [-0.3, -0.25) is 4.79 Å². The van der Waals surface area contributed by atoms with E-state index in [1.165, 1.54) is 0 Å². The van der Waals surface area contributed by atoms with Crippen LogP contribution in [0.3, 0.4) is 0 Å². The third-order valence-electron chi connectivity index (χ3n) is 4.57. The predicted molar refractivity (Wildman–Crippen MR) is 84.9 cm³/mol. The van der Waals surface area contributed by atoms with Crippen molar-refractivity contribution in [2.75, 3.05) is 13.1 Å². The minimum atomic E-state index is 0.198. The molecule has 0 bridgehead atoms. The van der Waals surface area contributed by atoms with Gasteiger partial charge in [-0.1, -0.05) is 5.16 Å². The molecule has 3 heterocycles. The van der Waals surface area contributed by atoms with Crippen LogP contribution in [0.25, 0.3) is 0 Å². The molecule has 0 aromatic carbocycles. The van der Waals surface area contributed by atoms with E-state index in [4.69, 9.17) is 4.52 Å². The molecule has 1 aliphatic heterocycles. The van der Waals surface area contributed by atoms with Crippen molar-refractivity contribution < 1.29 is 9.32 Å². The third-order valence-corrected chi connectivity index (χ3v) is 4.57. The zero-order valence-corrected chi connectivity index (χ0v) is 13.7. The van der Waals surface area contributed by atoms with Crippen molar-refractivity contribution in [3.05, 3.63) is 41.3 Å². The fourth-order valence-corrected chi connectivity index (χ4v) is 3.24. The molecule has 1 amide bonds. The van der Waals surface area contributed by atoms with Gasteiger partial charge in [0.25, 0.3) is 0 Å². The standard InChI is InChI=1S/C17H22N4O2/c1-12-15(13(2)23-20-12)5-6-17(22)21-9-3-4-14(10-21)16-7-8-18-11-19-16/h7-8,11,14H,3-6,9-10H2,1-2H3/t14-/m1/s1. The van der Waals surface area contributed by atoms with Gasteiger partial charge in [0.1, 0.15) is 12.1 Å². The predicted octanol–water partition coefficient (Wildman–Crippen LogP) is 2.42. The lowest BCUT2D eigenvalue weighted by molar-refractivity contribution is -0.132. The average Bonchev–Trinajstić information content (AvgIpc) is 2.92. The molecule has 0 aliphatic carbocycles. The summed E-state index contributed by atoms with van der Waals surface area (Å²) in [4.78, 5) is 22.8. The monoisotopic (exact) mass is 314 g/mol. The largest absolute Gasteiger partial charge is 0.361 e. The molecule has 0 spiro atoms.